The average Bonchev–Trinajstić information content (AvgIpc) is 3.01. The smallest absolute Gasteiger partial charge is 0.410 e. The molecule has 1 amide bonds. The largest absolute Gasteiger partial charge is 0.444 e. The lowest BCUT2D eigenvalue weighted by Crippen LogP contribution is -2.63. The van der Waals surface area contributed by atoms with Crippen LogP contribution in [0.1, 0.15) is 27.2 Å². The number of likely N-dealkylation sites (tertiary alicyclic amines) is 1. The van der Waals surface area contributed by atoms with E-state index >= 15 is 0 Å². The highest BCUT2D eigenvalue weighted by Crippen LogP contribution is 2.15. The maximum atomic E-state index is 12.0. The van der Waals surface area contributed by atoms with Gasteiger partial charge in [-0.3, -0.25) is 4.99 Å². The van der Waals surface area contributed by atoms with Crippen molar-refractivity contribution in [2.45, 2.75) is 45.4 Å². The number of fused-ring (bicyclic) bond motifs is 1. The van der Waals surface area contributed by atoms with Gasteiger partial charge in [-0.15, -0.1) is 0 Å². The number of para-hydroxylation sites is 2. The Morgan fingerprint density at radius 1 is 1.32 bits per heavy atom. The van der Waals surface area contributed by atoms with E-state index in [1.54, 1.807) is 11.9 Å². The Balaban J connectivity index is 1.36. The first-order chi connectivity index (χ1) is 13.4. The summed E-state index contributed by atoms with van der Waals surface area (Å²) in [6.07, 6.45) is 2.58. The summed E-state index contributed by atoms with van der Waals surface area (Å²) in [4.78, 5) is 22.4. The van der Waals surface area contributed by atoms with Gasteiger partial charge in [0.25, 0.3) is 0 Å². The summed E-state index contributed by atoms with van der Waals surface area (Å²) >= 11 is 0. The Kier molecular flexibility index (Phi) is 6.06. The molecule has 1 aromatic heterocycles. The molecule has 1 aliphatic heterocycles. The first-order valence-corrected chi connectivity index (χ1v) is 9.71. The molecule has 1 aromatic carbocycles. The van der Waals surface area contributed by atoms with Crippen molar-refractivity contribution in [1.82, 2.24) is 25.1 Å². The fraction of sp³-hybridized carbons (Fsp3) is 0.550. The van der Waals surface area contributed by atoms with Gasteiger partial charge in [-0.25, -0.2) is 9.78 Å². The zero-order valence-electron chi connectivity index (χ0n) is 17.1. The fourth-order valence-electron chi connectivity index (χ4n) is 3.08. The van der Waals surface area contributed by atoms with Crippen molar-refractivity contribution in [3.05, 3.63) is 30.6 Å². The highest BCUT2D eigenvalue weighted by atomic mass is 16.6. The second-order valence-corrected chi connectivity index (χ2v) is 8.01. The Hall–Kier alpha value is -2.77. The third-order valence-electron chi connectivity index (χ3n) is 4.49. The van der Waals surface area contributed by atoms with Crippen LogP contribution in [0, 0.1) is 0 Å². The Bertz CT molecular complexity index is 833. The predicted molar refractivity (Wildman–Crippen MR) is 110 cm³/mol. The van der Waals surface area contributed by atoms with Crippen LogP contribution in [0.2, 0.25) is 0 Å². The van der Waals surface area contributed by atoms with Crippen molar-refractivity contribution in [2.24, 2.45) is 4.99 Å². The van der Waals surface area contributed by atoms with Crippen molar-refractivity contribution in [2.75, 3.05) is 26.7 Å². The third kappa shape index (κ3) is 5.15. The van der Waals surface area contributed by atoms with E-state index in [0.717, 1.165) is 36.5 Å². The number of ether oxygens (including phenoxy) is 1. The summed E-state index contributed by atoms with van der Waals surface area (Å²) in [5.74, 6) is 0.754. The molecular formula is C20H30N6O2. The van der Waals surface area contributed by atoms with Gasteiger partial charge in [-0.2, -0.15) is 0 Å². The number of aliphatic imine (C=N–C) groups is 1. The number of hydrogen-bond acceptors (Lipinski definition) is 4. The highest BCUT2D eigenvalue weighted by Gasteiger charge is 2.34. The Morgan fingerprint density at radius 3 is 2.79 bits per heavy atom. The molecule has 0 saturated carbocycles. The molecule has 1 saturated heterocycles. The number of amides is 1. The van der Waals surface area contributed by atoms with E-state index in [-0.39, 0.29) is 12.1 Å². The second-order valence-electron chi connectivity index (χ2n) is 8.01. The minimum absolute atomic E-state index is 0.191. The molecule has 0 spiro atoms. The van der Waals surface area contributed by atoms with Crippen molar-refractivity contribution in [1.29, 1.82) is 0 Å². The molecule has 152 valence electrons. The van der Waals surface area contributed by atoms with E-state index in [1.807, 2.05) is 45.3 Å². The molecule has 0 unspecified atom stereocenters. The summed E-state index contributed by atoms with van der Waals surface area (Å²) in [7, 11) is 1.75. The van der Waals surface area contributed by atoms with E-state index in [9.17, 15) is 4.79 Å². The molecule has 2 N–H and O–H groups in total. The van der Waals surface area contributed by atoms with Crippen LogP contribution in [0.3, 0.4) is 0 Å². The Labute approximate surface area is 166 Å². The van der Waals surface area contributed by atoms with Crippen LogP contribution >= 0.6 is 0 Å². The molecule has 1 fully saturated rings. The van der Waals surface area contributed by atoms with Crippen LogP contribution in [0.15, 0.2) is 35.6 Å². The highest BCUT2D eigenvalue weighted by molar-refractivity contribution is 5.80. The lowest BCUT2D eigenvalue weighted by Gasteiger charge is -2.40. The molecule has 8 nitrogen and oxygen atoms in total. The van der Waals surface area contributed by atoms with Gasteiger partial charge in [-0.05, 0) is 39.3 Å². The third-order valence-corrected chi connectivity index (χ3v) is 4.49. The van der Waals surface area contributed by atoms with Gasteiger partial charge in [0.1, 0.15) is 5.60 Å². The van der Waals surface area contributed by atoms with Crippen molar-refractivity contribution >= 4 is 23.1 Å². The van der Waals surface area contributed by atoms with Crippen LogP contribution in [-0.2, 0) is 11.3 Å². The number of imidazole rings is 1. The zero-order valence-corrected chi connectivity index (χ0v) is 17.1. The minimum Gasteiger partial charge on any atom is -0.444 e. The van der Waals surface area contributed by atoms with Gasteiger partial charge in [0.15, 0.2) is 5.96 Å². The molecule has 1 aliphatic rings. The number of carbonyl (C=O) groups is 1. The molecule has 2 heterocycles. The number of nitrogens with one attached hydrogen (secondary N) is 2. The average molecular weight is 387 g/mol. The van der Waals surface area contributed by atoms with E-state index in [4.69, 9.17) is 4.74 Å². The zero-order chi connectivity index (χ0) is 20.1. The summed E-state index contributed by atoms with van der Waals surface area (Å²) < 4.78 is 7.54. The predicted octanol–water partition coefficient (Wildman–Crippen LogP) is 2.21. The first-order valence-electron chi connectivity index (χ1n) is 9.71. The molecule has 2 aromatic rings. The van der Waals surface area contributed by atoms with Crippen molar-refractivity contribution in [3.63, 3.8) is 0 Å². The monoisotopic (exact) mass is 386 g/mol. The van der Waals surface area contributed by atoms with E-state index in [1.165, 1.54) is 0 Å². The topological polar surface area (TPSA) is 83.8 Å². The maximum absolute atomic E-state index is 12.0. The molecule has 0 atom stereocenters. The molecular weight excluding hydrogens is 356 g/mol. The van der Waals surface area contributed by atoms with Crippen LogP contribution in [0.25, 0.3) is 11.0 Å². The van der Waals surface area contributed by atoms with E-state index in [2.05, 4.69) is 31.2 Å². The van der Waals surface area contributed by atoms with Gasteiger partial charge < -0.3 is 24.8 Å². The second kappa shape index (κ2) is 8.50. The van der Waals surface area contributed by atoms with Crippen LogP contribution in [-0.4, -0.2) is 64.8 Å². The SMILES string of the molecule is CN=C(NCCCn1cnc2ccccc21)NC1CN(C(=O)OC(C)(C)C)C1. The van der Waals surface area contributed by atoms with E-state index < -0.39 is 5.60 Å². The van der Waals surface area contributed by atoms with Crippen LogP contribution in [0.4, 0.5) is 4.79 Å². The van der Waals surface area contributed by atoms with Crippen molar-refractivity contribution < 1.29 is 9.53 Å². The number of guanidine groups is 1. The molecule has 28 heavy (non-hydrogen) atoms. The molecule has 3 rings (SSSR count). The number of aryl methyl sites for hydroxylation is 1. The standard InChI is InChI=1S/C20H30N6O2/c1-20(2,3)28-19(27)26-12-15(13-26)24-18(21-4)22-10-7-11-25-14-23-16-8-5-6-9-17(16)25/h5-6,8-9,14-15H,7,10-13H2,1-4H3,(H2,21,22,24). The number of nitrogens with zero attached hydrogens (tertiary/aromatic N) is 4. The number of rotatable bonds is 5. The summed E-state index contributed by atoms with van der Waals surface area (Å²) in [5, 5.41) is 6.68. The van der Waals surface area contributed by atoms with Gasteiger partial charge in [0.05, 0.1) is 23.4 Å². The minimum atomic E-state index is -0.465. The van der Waals surface area contributed by atoms with Gasteiger partial charge in [0, 0.05) is 33.2 Å². The first kappa shape index (κ1) is 20.0. The number of carbonyl (C=O) groups excluding carboxylic acids is 1. The van der Waals surface area contributed by atoms with Crippen LogP contribution < -0.4 is 10.6 Å². The number of hydrogen-bond donors (Lipinski definition) is 2. The number of aromatic nitrogens is 2. The lowest BCUT2D eigenvalue weighted by atomic mass is 10.1. The van der Waals surface area contributed by atoms with Crippen LogP contribution in [0.5, 0.6) is 0 Å². The van der Waals surface area contributed by atoms with Gasteiger partial charge in [0.2, 0.25) is 0 Å². The Morgan fingerprint density at radius 2 is 2.07 bits per heavy atom. The van der Waals surface area contributed by atoms with E-state index in [0.29, 0.717) is 13.1 Å². The summed E-state index contributed by atoms with van der Waals surface area (Å²) in [6.45, 7) is 8.55. The van der Waals surface area contributed by atoms with Crippen molar-refractivity contribution in [3.8, 4) is 0 Å². The molecule has 0 radical (unpaired) electrons. The lowest BCUT2D eigenvalue weighted by molar-refractivity contribution is 0.00701. The molecule has 0 aliphatic carbocycles. The van der Waals surface area contributed by atoms with Gasteiger partial charge >= 0.3 is 6.09 Å². The molecule has 0 bridgehead atoms. The maximum Gasteiger partial charge on any atom is 0.410 e. The summed E-state index contributed by atoms with van der Waals surface area (Å²) in [5.41, 5.74) is 1.71. The number of benzene rings is 1. The normalized spacial score (nSPS) is 15.4. The molecule has 8 heteroatoms. The summed E-state index contributed by atoms with van der Waals surface area (Å²) in [6, 6.07) is 8.33. The van der Waals surface area contributed by atoms with Gasteiger partial charge in [-0.1, -0.05) is 12.1 Å². The quantitative estimate of drug-likeness (QED) is 0.468. The fourth-order valence-corrected chi connectivity index (χ4v) is 3.08.